The minimum absolute atomic E-state index is 0.0822. The normalized spacial score (nSPS) is 23.0. The SMILES string of the molecule is COc1ccccc1N1CC(C)(C)NC(C)C1=O. The first kappa shape index (κ1) is 12.9. The van der Waals surface area contributed by atoms with Crippen molar-refractivity contribution in [2.45, 2.75) is 32.4 Å². The minimum Gasteiger partial charge on any atom is -0.495 e. The third-order valence-electron chi connectivity index (χ3n) is 3.17. The number of methoxy groups -OCH3 is 1. The van der Waals surface area contributed by atoms with E-state index in [1.165, 1.54) is 0 Å². The fraction of sp³-hybridized carbons (Fsp3) is 0.500. The molecule has 1 amide bonds. The molecule has 1 saturated heterocycles. The van der Waals surface area contributed by atoms with E-state index >= 15 is 0 Å². The summed E-state index contributed by atoms with van der Waals surface area (Å²) >= 11 is 0. The fourth-order valence-corrected chi connectivity index (χ4v) is 2.46. The maximum atomic E-state index is 12.3. The number of ether oxygens (including phenoxy) is 1. The molecule has 4 nitrogen and oxygen atoms in total. The van der Waals surface area contributed by atoms with Crippen LogP contribution in [0.4, 0.5) is 5.69 Å². The first-order chi connectivity index (χ1) is 8.44. The number of rotatable bonds is 2. The van der Waals surface area contributed by atoms with Crippen molar-refractivity contribution in [3.8, 4) is 5.75 Å². The number of benzene rings is 1. The maximum absolute atomic E-state index is 12.3. The van der Waals surface area contributed by atoms with Crippen LogP contribution in [-0.2, 0) is 4.79 Å². The van der Waals surface area contributed by atoms with Gasteiger partial charge in [0.05, 0.1) is 18.8 Å². The Labute approximate surface area is 108 Å². The number of amides is 1. The zero-order chi connectivity index (χ0) is 13.3. The monoisotopic (exact) mass is 248 g/mol. The molecule has 0 bridgehead atoms. The van der Waals surface area contributed by atoms with Crippen LogP contribution in [0.5, 0.6) is 5.75 Å². The van der Waals surface area contributed by atoms with Gasteiger partial charge < -0.3 is 9.64 Å². The van der Waals surface area contributed by atoms with Crippen molar-refractivity contribution in [3.05, 3.63) is 24.3 Å². The van der Waals surface area contributed by atoms with Crippen LogP contribution in [0.3, 0.4) is 0 Å². The van der Waals surface area contributed by atoms with Crippen molar-refractivity contribution in [2.75, 3.05) is 18.6 Å². The molecule has 0 spiro atoms. The van der Waals surface area contributed by atoms with Crippen LogP contribution in [0, 0.1) is 0 Å². The summed E-state index contributed by atoms with van der Waals surface area (Å²) in [7, 11) is 1.63. The van der Waals surface area contributed by atoms with Gasteiger partial charge in [0.25, 0.3) is 0 Å². The number of anilines is 1. The maximum Gasteiger partial charge on any atom is 0.244 e. The quantitative estimate of drug-likeness (QED) is 0.867. The van der Waals surface area contributed by atoms with Crippen molar-refractivity contribution in [1.82, 2.24) is 5.32 Å². The van der Waals surface area contributed by atoms with Crippen LogP contribution >= 0.6 is 0 Å². The molecule has 1 unspecified atom stereocenters. The van der Waals surface area contributed by atoms with E-state index < -0.39 is 0 Å². The van der Waals surface area contributed by atoms with Crippen LogP contribution in [-0.4, -0.2) is 31.1 Å². The Morgan fingerprint density at radius 1 is 1.39 bits per heavy atom. The third kappa shape index (κ3) is 2.34. The predicted octanol–water partition coefficient (Wildman–Crippen LogP) is 1.80. The van der Waals surface area contributed by atoms with Crippen molar-refractivity contribution >= 4 is 11.6 Å². The Balaban J connectivity index is 2.39. The number of carbonyl (C=O) groups is 1. The van der Waals surface area contributed by atoms with E-state index in [1.54, 1.807) is 12.0 Å². The number of nitrogens with one attached hydrogen (secondary N) is 1. The summed E-state index contributed by atoms with van der Waals surface area (Å²) in [5, 5.41) is 3.31. The zero-order valence-electron chi connectivity index (χ0n) is 11.4. The molecule has 1 N–H and O–H groups in total. The molecule has 0 aromatic heterocycles. The molecular formula is C14H20N2O2. The van der Waals surface area contributed by atoms with Crippen LogP contribution in [0.15, 0.2) is 24.3 Å². The number of hydrogen-bond acceptors (Lipinski definition) is 3. The van der Waals surface area contributed by atoms with Crippen molar-refractivity contribution in [2.24, 2.45) is 0 Å². The Bertz CT molecular complexity index is 457. The number of hydrogen-bond donors (Lipinski definition) is 1. The van der Waals surface area contributed by atoms with Gasteiger partial charge in [0, 0.05) is 12.1 Å². The standard InChI is InChI=1S/C14H20N2O2/c1-10-13(17)16(9-14(2,3)15-10)11-7-5-6-8-12(11)18-4/h5-8,10,15H,9H2,1-4H3. The molecule has 1 aromatic rings. The first-order valence-corrected chi connectivity index (χ1v) is 6.17. The zero-order valence-corrected chi connectivity index (χ0v) is 11.4. The van der Waals surface area contributed by atoms with E-state index in [9.17, 15) is 4.79 Å². The summed E-state index contributed by atoms with van der Waals surface area (Å²) in [4.78, 5) is 14.1. The van der Waals surface area contributed by atoms with Gasteiger partial charge in [-0.2, -0.15) is 0 Å². The van der Waals surface area contributed by atoms with Crippen LogP contribution in [0.25, 0.3) is 0 Å². The second-order valence-electron chi connectivity index (χ2n) is 5.35. The smallest absolute Gasteiger partial charge is 0.244 e. The number of para-hydroxylation sites is 2. The summed E-state index contributed by atoms with van der Waals surface area (Å²) in [6, 6.07) is 7.44. The largest absolute Gasteiger partial charge is 0.495 e. The van der Waals surface area contributed by atoms with Gasteiger partial charge in [0.1, 0.15) is 5.75 Å². The second kappa shape index (κ2) is 4.61. The number of carbonyl (C=O) groups excluding carboxylic acids is 1. The van der Waals surface area contributed by atoms with Gasteiger partial charge in [-0.1, -0.05) is 12.1 Å². The summed E-state index contributed by atoms with van der Waals surface area (Å²) in [5.74, 6) is 0.814. The van der Waals surface area contributed by atoms with E-state index in [4.69, 9.17) is 4.74 Å². The molecule has 0 radical (unpaired) electrons. The summed E-state index contributed by atoms with van der Waals surface area (Å²) in [6.07, 6.45) is 0. The minimum atomic E-state index is -0.182. The van der Waals surface area contributed by atoms with Crippen LogP contribution in [0.2, 0.25) is 0 Å². The molecule has 1 fully saturated rings. The highest BCUT2D eigenvalue weighted by molar-refractivity contribution is 5.99. The highest BCUT2D eigenvalue weighted by Gasteiger charge is 2.37. The van der Waals surface area contributed by atoms with E-state index in [1.807, 2.05) is 31.2 Å². The lowest BCUT2D eigenvalue weighted by molar-refractivity contribution is -0.122. The fourth-order valence-electron chi connectivity index (χ4n) is 2.46. The lowest BCUT2D eigenvalue weighted by Crippen LogP contribution is -2.64. The average molecular weight is 248 g/mol. The van der Waals surface area contributed by atoms with Gasteiger partial charge in [0.2, 0.25) is 5.91 Å². The number of nitrogens with zero attached hydrogens (tertiary/aromatic N) is 1. The molecule has 0 saturated carbocycles. The highest BCUT2D eigenvalue weighted by atomic mass is 16.5. The topological polar surface area (TPSA) is 41.6 Å². The predicted molar refractivity (Wildman–Crippen MR) is 72.0 cm³/mol. The van der Waals surface area contributed by atoms with E-state index in [0.717, 1.165) is 11.4 Å². The van der Waals surface area contributed by atoms with Crippen molar-refractivity contribution in [3.63, 3.8) is 0 Å². The Morgan fingerprint density at radius 2 is 2.06 bits per heavy atom. The van der Waals surface area contributed by atoms with Crippen LogP contribution in [0.1, 0.15) is 20.8 Å². The summed E-state index contributed by atoms with van der Waals surface area (Å²) in [5.41, 5.74) is 0.736. The Hall–Kier alpha value is -1.55. The lowest BCUT2D eigenvalue weighted by Gasteiger charge is -2.42. The van der Waals surface area contributed by atoms with Gasteiger partial charge in [-0.25, -0.2) is 0 Å². The average Bonchev–Trinajstić information content (AvgIpc) is 2.33. The molecule has 98 valence electrons. The molecule has 1 aliphatic rings. The Morgan fingerprint density at radius 3 is 2.72 bits per heavy atom. The lowest BCUT2D eigenvalue weighted by atomic mass is 9.98. The van der Waals surface area contributed by atoms with Crippen molar-refractivity contribution in [1.29, 1.82) is 0 Å². The molecule has 1 aromatic carbocycles. The van der Waals surface area contributed by atoms with Gasteiger partial charge >= 0.3 is 0 Å². The van der Waals surface area contributed by atoms with E-state index in [-0.39, 0.29) is 17.5 Å². The molecule has 1 heterocycles. The molecule has 4 heteroatoms. The Kier molecular flexibility index (Phi) is 3.30. The van der Waals surface area contributed by atoms with E-state index in [0.29, 0.717) is 6.54 Å². The molecule has 0 aliphatic carbocycles. The molecule has 1 aliphatic heterocycles. The third-order valence-corrected chi connectivity index (χ3v) is 3.17. The molecule has 18 heavy (non-hydrogen) atoms. The van der Waals surface area contributed by atoms with Crippen molar-refractivity contribution < 1.29 is 9.53 Å². The van der Waals surface area contributed by atoms with Gasteiger partial charge in [-0.05, 0) is 32.9 Å². The van der Waals surface area contributed by atoms with Gasteiger partial charge in [0.15, 0.2) is 0 Å². The molecule has 2 rings (SSSR count). The summed E-state index contributed by atoms with van der Waals surface area (Å²) < 4.78 is 5.34. The van der Waals surface area contributed by atoms with Gasteiger partial charge in [-0.3, -0.25) is 10.1 Å². The molecule has 1 atom stereocenters. The van der Waals surface area contributed by atoms with Crippen LogP contribution < -0.4 is 15.0 Å². The second-order valence-corrected chi connectivity index (χ2v) is 5.35. The van der Waals surface area contributed by atoms with E-state index in [2.05, 4.69) is 19.2 Å². The molecular weight excluding hydrogens is 228 g/mol. The first-order valence-electron chi connectivity index (χ1n) is 6.17. The summed E-state index contributed by atoms with van der Waals surface area (Å²) in [6.45, 7) is 6.72. The highest BCUT2D eigenvalue weighted by Crippen LogP contribution is 2.31. The number of piperazine rings is 1. The van der Waals surface area contributed by atoms with Gasteiger partial charge in [-0.15, -0.1) is 0 Å².